The average Bonchev–Trinajstić information content (AvgIpc) is 2.28. The van der Waals surface area contributed by atoms with E-state index in [4.69, 9.17) is 4.74 Å². The lowest BCUT2D eigenvalue weighted by Gasteiger charge is -2.19. The minimum absolute atomic E-state index is 0.0566. The lowest BCUT2D eigenvalue weighted by atomic mass is 10.1. The van der Waals surface area contributed by atoms with Crippen molar-refractivity contribution >= 4 is 10.0 Å². The van der Waals surface area contributed by atoms with Gasteiger partial charge in [0.05, 0.1) is 11.9 Å². The van der Waals surface area contributed by atoms with Crippen LogP contribution in [0.15, 0.2) is 24.3 Å². The van der Waals surface area contributed by atoms with Crippen molar-refractivity contribution in [3.63, 3.8) is 0 Å². The van der Waals surface area contributed by atoms with Gasteiger partial charge in [0.1, 0.15) is 5.75 Å². The van der Waals surface area contributed by atoms with Crippen LogP contribution in [0.4, 0.5) is 0 Å². The monoisotopic (exact) mass is 271 g/mol. The van der Waals surface area contributed by atoms with E-state index >= 15 is 0 Å². The molecule has 5 heteroatoms. The van der Waals surface area contributed by atoms with E-state index in [-0.39, 0.29) is 17.9 Å². The summed E-state index contributed by atoms with van der Waals surface area (Å²) in [5.41, 5.74) is 0.850. The number of ether oxygens (including phenoxy) is 1. The van der Waals surface area contributed by atoms with Gasteiger partial charge in [-0.1, -0.05) is 18.2 Å². The number of hydrogen-bond acceptors (Lipinski definition) is 3. The van der Waals surface area contributed by atoms with Crippen molar-refractivity contribution in [2.24, 2.45) is 0 Å². The molecule has 0 spiro atoms. The van der Waals surface area contributed by atoms with E-state index in [9.17, 15) is 8.42 Å². The summed E-state index contributed by atoms with van der Waals surface area (Å²) in [5.74, 6) is 0.795. The van der Waals surface area contributed by atoms with E-state index in [1.807, 2.05) is 45.0 Å². The van der Waals surface area contributed by atoms with Crippen LogP contribution in [-0.2, 0) is 10.0 Å². The fraction of sp³-hybridized carbons (Fsp3) is 0.538. The van der Waals surface area contributed by atoms with E-state index in [1.54, 1.807) is 6.92 Å². The molecular formula is C13H21NO3S. The molecule has 18 heavy (non-hydrogen) atoms. The van der Waals surface area contributed by atoms with Crippen LogP contribution in [0, 0.1) is 0 Å². The van der Waals surface area contributed by atoms with Crippen LogP contribution in [0.3, 0.4) is 0 Å². The van der Waals surface area contributed by atoms with Crippen LogP contribution in [0.2, 0.25) is 0 Å². The molecule has 0 saturated carbocycles. The maximum atomic E-state index is 11.6. The third-order valence-corrected chi connectivity index (χ3v) is 3.96. The average molecular weight is 271 g/mol. The molecule has 0 fully saturated rings. The van der Waals surface area contributed by atoms with E-state index in [0.29, 0.717) is 0 Å². The smallest absolute Gasteiger partial charge is 0.211 e. The Bertz CT molecular complexity index is 483. The molecule has 0 saturated heterocycles. The first-order valence-corrected chi connectivity index (χ1v) is 7.76. The van der Waals surface area contributed by atoms with Crippen LogP contribution in [0.1, 0.15) is 39.3 Å². The lowest BCUT2D eigenvalue weighted by Crippen LogP contribution is -2.28. The second kappa shape index (κ2) is 6.20. The molecule has 1 atom stereocenters. The minimum atomic E-state index is -3.22. The Morgan fingerprint density at radius 2 is 1.83 bits per heavy atom. The Labute approximate surface area is 109 Å². The largest absolute Gasteiger partial charge is 0.491 e. The third-order valence-electron chi connectivity index (χ3n) is 2.48. The summed E-state index contributed by atoms with van der Waals surface area (Å²) < 4.78 is 31.4. The predicted octanol–water partition coefficient (Wildman–Crippen LogP) is 2.47. The minimum Gasteiger partial charge on any atom is -0.491 e. The topological polar surface area (TPSA) is 55.4 Å². The summed E-state index contributed by atoms with van der Waals surface area (Å²) in [5, 5.41) is 0. The molecule has 0 aliphatic carbocycles. The SMILES string of the molecule is CCS(=O)(=O)N[C@H](C)c1ccccc1OC(C)C. The molecule has 0 aromatic heterocycles. The van der Waals surface area contributed by atoms with Crippen molar-refractivity contribution in [3.8, 4) is 5.75 Å². The van der Waals surface area contributed by atoms with E-state index < -0.39 is 10.0 Å². The van der Waals surface area contributed by atoms with Gasteiger partial charge in [-0.25, -0.2) is 13.1 Å². The van der Waals surface area contributed by atoms with Gasteiger partial charge in [0.25, 0.3) is 0 Å². The number of rotatable bonds is 6. The molecule has 0 amide bonds. The second-order valence-corrected chi connectivity index (χ2v) is 6.49. The van der Waals surface area contributed by atoms with Gasteiger partial charge in [0, 0.05) is 11.6 Å². The van der Waals surface area contributed by atoms with E-state index in [2.05, 4.69) is 4.72 Å². The van der Waals surface area contributed by atoms with Crippen LogP contribution in [0.5, 0.6) is 5.75 Å². The normalized spacial score (nSPS) is 13.6. The summed E-state index contributed by atoms with van der Waals surface area (Å²) in [6, 6.07) is 7.18. The van der Waals surface area contributed by atoms with Crippen molar-refractivity contribution in [1.82, 2.24) is 4.72 Å². The molecule has 1 aromatic carbocycles. The molecular weight excluding hydrogens is 250 g/mol. The molecule has 102 valence electrons. The molecule has 0 unspecified atom stereocenters. The van der Waals surface area contributed by atoms with Crippen molar-refractivity contribution in [2.45, 2.75) is 39.8 Å². The summed E-state index contributed by atoms with van der Waals surface area (Å²) in [7, 11) is -3.22. The highest BCUT2D eigenvalue weighted by molar-refractivity contribution is 7.89. The number of hydrogen-bond donors (Lipinski definition) is 1. The zero-order valence-electron chi connectivity index (χ0n) is 11.3. The van der Waals surface area contributed by atoms with Crippen LogP contribution in [-0.4, -0.2) is 20.3 Å². The number of benzene rings is 1. The van der Waals surface area contributed by atoms with Gasteiger partial charge in [-0.15, -0.1) is 0 Å². The first kappa shape index (κ1) is 15.0. The van der Waals surface area contributed by atoms with Crippen molar-refractivity contribution in [1.29, 1.82) is 0 Å². The molecule has 0 radical (unpaired) electrons. The van der Waals surface area contributed by atoms with E-state index in [1.165, 1.54) is 0 Å². The Balaban J connectivity index is 2.95. The summed E-state index contributed by atoms with van der Waals surface area (Å²) in [4.78, 5) is 0. The van der Waals surface area contributed by atoms with Crippen LogP contribution in [0.25, 0.3) is 0 Å². The molecule has 0 heterocycles. The van der Waals surface area contributed by atoms with Crippen LogP contribution >= 0.6 is 0 Å². The molecule has 1 N–H and O–H groups in total. The quantitative estimate of drug-likeness (QED) is 0.864. The summed E-state index contributed by atoms with van der Waals surface area (Å²) in [6.07, 6.45) is 0.0566. The Hall–Kier alpha value is -1.07. The van der Waals surface area contributed by atoms with Gasteiger partial charge in [-0.05, 0) is 33.8 Å². The van der Waals surface area contributed by atoms with Gasteiger partial charge < -0.3 is 4.74 Å². The predicted molar refractivity (Wildman–Crippen MR) is 73.2 cm³/mol. The fourth-order valence-electron chi connectivity index (χ4n) is 1.62. The first-order valence-electron chi connectivity index (χ1n) is 6.11. The van der Waals surface area contributed by atoms with Gasteiger partial charge in [-0.3, -0.25) is 0 Å². The number of para-hydroxylation sites is 1. The maximum absolute atomic E-state index is 11.6. The molecule has 0 aliphatic heterocycles. The van der Waals surface area contributed by atoms with Gasteiger partial charge in [0.15, 0.2) is 0 Å². The van der Waals surface area contributed by atoms with Crippen molar-refractivity contribution in [2.75, 3.05) is 5.75 Å². The third kappa shape index (κ3) is 4.31. The molecule has 0 bridgehead atoms. The number of sulfonamides is 1. The second-order valence-electron chi connectivity index (χ2n) is 4.45. The molecule has 1 rings (SSSR count). The molecule has 4 nitrogen and oxygen atoms in total. The molecule has 0 aliphatic rings. The zero-order valence-corrected chi connectivity index (χ0v) is 12.1. The zero-order chi connectivity index (χ0) is 13.8. The highest BCUT2D eigenvalue weighted by atomic mass is 32.2. The van der Waals surface area contributed by atoms with Crippen molar-refractivity contribution in [3.05, 3.63) is 29.8 Å². The lowest BCUT2D eigenvalue weighted by molar-refractivity contribution is 0.238. The summed E-state index contributed by atoms with van der Waals surface area (Å²) in [6.45, 7) is 7.32. The van der Waals surface area contributed by atoms with Gasteiger partial charge in [-0.2, -0.15) is 0 Å². The van der Waals surface area contributed by atoms with E-state index in [0.717, 1.165) is 11.3 Å². The standard InChI is InChI=1S/C13H21NO3S/c1-5-18(15,16)14-11(4)12-8-6-7-9-13(12)17-10(2)3/h6-11,14H,5H2,1-4H3/t11-/m1/s1. The Morgan fingerprint density at radius 3 is 2.39 bits per heavy atom. The maximum Gasteiger partial charge on any atom is 0.211 e. The van der Waals surface area contributed by atoms with Crippen molar-refractivity contribution < 1.29 is 13.2 Å². The highest BCUT2D eigenvalue weighted by Gasteiger charge is 2.17. The molecule has 1 aromatic rings. The van der Waals surface area contributed by atoms with Gasteiger partial charge in [0.2, 0.25) is 10.0 Å². The fourth-order valence-corrected chi connectivity index (χ4v) is 2.45. The highest BCUT2D eigenvalue weighted by Crippen LogP contribution is 2.26. The Kier molecular flexibility index (Phi) is 5.16. The van der Waals surface area contributed by atoms with Crippen LogP contribution < -0.4 is 9.46 Å². The number of nitrogens with one attached hydrogen (secondary N) is 1. The Morgan fingerprint density at radius 1 is 1.22 bits per heavy atom. The first-order chi connectivity index (χ1) is 8.35. The van der Waals surface area contributed by atoms with Gasteiger partial charge >= 0.3 is 0 Å². The summed E-state index contributed by atoms with van der Waals surface area (Å²) >= 11 is 0.